The van der Waals surface area contributed by atoms with Gasteiger partial charge in [-0.1, -0.05) is 63.2 Å². The lowest BCUT2D eigenvalue weighted by atomic mass is 9.68. The quantitative estimate of drug-likeness (QED) is 0.647. The van der Waals surface area contributed by atoms with Crippen LogP contribution in [0.5, 0.6) is 0 Å². The second kappa shape index (κ2) is 8.42. The minimum absolute atomic E-state index is 0.0965. The highest BCUT2D eigenvalue weighted by Crippen LogP contribution is 2.46. The van der Waals surface area contributed by atoms with Gasteiger partial charge in [0.25, 0.3) is 5.91 Å². The Kier molecular flexibility index (Phi) is 5.81. The first kappa shape index (κ1) is 22.1. The zero-order chi connectivity index (χ0) is 23.0. The molecule has 0 fully saturated rings. The van der Waals surface area contributed by atoms with Gasteiger partial charge in [0.15, 0.2) is 5.78 Å². The Morgan fingerprint density at radius 3 is 2.41 bits per heavy atom. The number of carbonyl (C=O) groups is 2. The molecule has 1 aliphatic carbocycles. The first-order chi connectivity index (χ1) is 15.2. The molecule has 1 aliphatic heterocycles. The summed E-state index contributed by atoms with van der Waals surface area (Å²) in [5.74, 6) is -0.412. The number of carbonyl (C=O) groups excluding carboxylic acids is 2. The van der Waals surface area contributed by atoms with Gasteiger partial charge in [-0.25, -0.2) is 0 Å². The molecule has 0 bridgehead atoms. The van der Waals surface area contributed by atoms with Gasteiger partial charge in [-0.3, -0.25) is 9.59 Å². The molecule has 2 N–H and O–H groups in total. The summed E-state index contributed by atoms with van der Waals surface area (Å²) in [7, 11) is 0. The van der Waals surface area contributed by atoms with E-state index in [0.29, 0.717) is 12.0 Å². The van der Waals surface area contributed by atoms with Crippen molar-refractivity contribution < 1.29 is 9.59 Å². The summed E-state index contributed by atoms with van der Waals surface area (Å²) < 4.78 is 0. The third kappa shape index (κ3) is 4.14. The Morgan fingerprint density at radius 2 is 1.75 bits per heavy atom. The SMILES string of the molecule is CCc1ccc([C@@H]2C(C(=O)Nc3ccccc3C)=C(C)NC3=C2C(=O)CC(C)(C)C3)cc1. The molecular formula is C28H32N2O2. The topological polar surface area (TPSA) is 58.2 Å². The molecule has 0 spiro atoms. The number of hydrogen-bond acceptors (Lipinski definition) is 3. The van der Waals surface area contributed by atoms with E-state index in [1.165, 1.54) is 5.56 Å². The van der Waals surface area contributed by atoms with Crippen LogP contribution in [-0.4, -0.2) is 11.7 Å². The predicted molar refractivity (Wildman–Crippen MR) is 129 cm³/mol. The van der Waals surface area contributed by atoms with Gasteiger partial charge in [0.05, 0.1) is 0 Å². The molecule has 166 valence electrons. The van der Waals surface area contributed by atoms with Gasteiger partial charge in [0, 0.05) is 40.6 Å². The van der Waals surface area contributed by atoms with E-state index in [2.05, 4.69) is 55.7 Å². The van der Waals surface area contributed by atoms with Crippen LogP contribution in [0.25, 0.3) is 0 Å². The smallest absolute Gasteiger partial charge is 0.254 e. The molecule has 2 aliphatic rings. The average molecular weight is 429 g/mol. The van der Waals surface area contributed by atoms with Gasteiger partial charge in [0.1, 0.15) is 0 Å². The Hall–Kier alpha value is -3.14. The fourth-order valence-corrected chi connectivity index (χ4v) is 4.92. The summed E-state index contributed by atoms with van der Waals surface area (Å²) >= 11 is 0. The first-order valence-electron chi connectivity index (χ1n) is 11.4. The van der Waals surface area contributed by atoms with Crippen molar-refractivity contribution in [2.24, 2.45) is 5.41 Å². The highest BCUT2D eigenvalue weighted by molar-refractivity contribution is 6.10. The number of amides is 1. The normalized spacial score (nSPS) is 20.0. The Bertz CT molecular complexity index is 1140. The summed E-state index contributed by atoms with van der Waals surface area (Å²) in [4.78, 5) is 27.0. The van der Waals surface area contributed by atoms with E-state index in [1.54, 1.807) is 0 Å². The molecule has 4 heteroatoms. The number of dihydropyridines is 1. The van der Waals surface area contributed by atoms with Gasteiger partial charge < -0.3 is 10.6 Å². The number of nitrogens with one attached hydrogen (secondary N) is 2. The van der Waals surface area contributed by atoms with Crippen LogP contribution in [0.2, 0.25) is 0 Å². The van der Waals surface area contributed by atoms with Gasteiger partial charge in [0.2, 0.25) is 0 Å². The largest absolute Gasteiger partial charge is 0.362 e. The van der Waals surface area contributed by atoms with E-state index >= 15 is 0 Å². The van der Waals surface area contributed by atoms with E-state index in [1.807, 2.05) is 38.1 Å². The Balaban J connectivity index is 1.81. The fourth-order valence-electron chi connectivity index (χ4n) is 4.92. The first-order valence-corrected chi connectivity index (χ1v) is 11.4. The number of ketones is 1. The Labute approximate surface area is 190 Å². The average Bonchev–Trinajstić information content (AvgIpc) is 2.73. The number of anilines is 1. The van der Waals surface area contributed by atoms with Crippen LogP contribution in [0.15, 0.2) is 71.1 Å². The lowest BCUT2D eigenvalue weighted by molar-refractivity contribution is -0.118. The second-order valence-corrected chi connectivity index (χ2v) is 9.79. The highest BCUT2D eigenvalue weighted by Gasteiger charge is 2.42. The van der Waals surface area contributed by atoms with E-state index in [4.69, 9.17) is 0 Å². The van der Waals surface area contributed by atoms with Crippen molar-refractivity contribution in [2.45, 2.75) is 59.8 Å². The molecular weight excluding hydrogens is 396 g/mol. The van der Waals surface area contributed by atoms with E-state index in [0.717, 1.165) is 46.6 Å². The minimum atomic E-state index is -0.371. The maximum Gasteiger partial charge on any atom is 0.254 e. The molecule has 0 saturated heterocycles. The van der Waals surface area contributed by atoms with Crippen molar-refractivity contribution in [3.05, 3.63) is 87.8 Å². The summed E-state index contributed by atoms with van der Waals surface area (Å²) in [5.41, 5.74) is 7.04. The van der Waals surface area contributed by atoms with Crippen molar-refractivity contribution in [1.29, 1.82) is 0 Å². The van der Waals surface area contributed by atoms with Crippen LogP contribution in [0.1, 0.15) is 63.1 Å². The Morgan fingerprint density at radius 1 is 1.06 bits per heavy atom. The van der Waals surface area contributed by atoms with Crippen LogP contribution in [0.3, 0.4) is 0 Å². The van der Waals surface area contributed by atoms with Crippen LogP contribution >= 0.6 is 0 Å². The van der Waals surface area contributed by atoms with Crippen LogP contribution in [-0.2, 0) is 16.0 Å². The van der Waals surface area contributed by atoms with Gasteiger partial charge in [-0.15, -0.1) is 0 Å². The molecule has 0 saturated carbocycles. The number of Topliss-reactive ketones (excluding diaryl/α,β-unsaturated/α-hetero) is 1. The monoisotopic (exact) mass is 428 g/mol. The lowest BCUT2D eigenvalue weighted by Gasteiger charge is -2.39. The van der Waals surface area contributed by atoms with Crippen molar-refractivity contribution in [3.63, 3.8) is 0 Å². The molecule has 0 radical (unpaired) electrons. The zero-order valence-corrected chi connectivity index (χ0v) is 19.6. The third-order valence-electron chi connectivity index (χ3n) is 6.60. The van der Waals surface area contributed by atoms with Crippen LogP contribution < -0.4 is 10.6 Å². The van der Waals surface area contributed by atoms with E-state index in [9.17, 15) is 9.59 Å². The lowest BCUT2D eigenvalue weighted by Crippen LogP contribution is -2.39. The maximum atomic E-state index is 13.6. The zero-order valence-electron chi connectivity index (χ0n) is 19.6. The molecule has 4 rings (SSSR count). The number of hydrogen-bond donors (Lipinski definition) is 2. The van der Waals surface area contributed by atoms with Gasteiger partial charge in [-0.2, -0.15) is 0 Å². The van der Waals surface area contributed by atoms with E-state index in [-0.39, 0.29) is 23.0 Å². The van der Waals surface area contributed by atoms with Crippen molar-refractivity contribution in [1.82, 2.24) is 5.32 Å². The third-order valence-corrected chi connectivity index (χ3v) is 6.60. The highest BCUT2D eigenvalue weighted by atomic mass is 16.2. The van der Waals surface area contributed by atoms with Gasteiger partial charge in [-0.05, 0) is 54.9 Å². The molecule has 4 nitrogen and oxygen atoms in total. The summed E-state index contributed by atoms with van der Waals surface area (Å²) in [5, 5.41) is 6.52. The molecule has 1 amide bonds. The molecule has 2 aromatic carbocycles. The van der Waals surface area contributed by atoms with Crippen LogP contribution in [0.4, 0.5) is 5.69 Å². The number of aryl methyl sites for hydroxylation is 2. The minimum Gasteiger partial charge on any atom is -0.362 e. The summed E-state index contributed by atoms with van der Waals surface area (Å²) in [6, 6.07) is 16.1. The maximum absolute atomic E-state index is 13.6. The number of rotatable bonds is 4. The van der Waals surface area contributed by atoms with Crippen molar-refractivity contribution in [3.8, 4) is 0 Å². The summed E-state index contributed by atoms with van der Waals surface area (Å²) in [6.07, 6.45) is 2.23. The van der Waals surface area contributed by atoms with Crippen molar-refractivity contribution >= 4 is 17.4 Å². The molecule has 0 unspecified atom stereocenters. The number of benzene rings is 2. The fraction of sp³-hybridized carbons (Fsp3) is 0.357. The predicted octanol–water partition coefficient (Wildman–Crippen LogP) is 5.80. The molecule has 2 aromatic rings. The standard InChI is InChI=1S/C28H32N2O2/c1-6-19-11-13-20(14-12-19)25-24(27(32)30-21-10-8-7-9-17(21)2)18(3)29-22-15-28(4,5)16-23(31)26(22)25/h7-14,25,29H,6,15-16H2,1-5H3,(H,30,32)/t25-/m1/s1. The molecule has 1 heterocycles. The van der Waals surface area contributed by atoms with E-state index < -0.39 is 0 Å². The number of para-hydroxylation sites is 1. The number of allylic oxidation sites excluding steroid dienone is 3. The van der Waals surface area contributed by atoms with Crippen LogP contribution in [0, 0.1) is 12.3 Å². The summed E-state index contributed by atoms with van der Waals surface area (Å²) in [6.45, 7) is 10.3. The second-order valence-electron chi connectivity index (χ2n) is 9.79. The molecule has 0 aromatic heterocycles. The van der Waals surface area contributed by atoms with Gasteiger partial charge >= 0.3 is 0 Å². The van der Waals surface area contributed by atoms with Crippen molar-refractivity contribution in [2.75, 3.05) is 5.32 Å². The molecule has 1 atom stereocenters. The molecule has 32 heavy (non-hydrogen) atoms.